The van der Waals surface area contributed by atoms with E-state index in [-0.39, 0.29) is 5.56 Å². The zero-order valence-electron chi connectivity index (χ0n) is 19.7. The summed E-state index contributed by atoms with van der Waals surface area (Å²) in [6, 6.07) is 21.0. The summed E-state index contributed by atoms with van der Waals surface area (Å²) >= 11 is 0. The highest BCUT2D eigenvalue weighted by Gasteiger charge is 2.14. The second-order valence-corrected chi connectivity index (χ2v) is 7.34. The Hall–Kier alpha value is -4.04. The topological polar surface area (TPSA) is 64.2 Å². The molecule has 1 aromatic heterocycles. The molecular weight excluding hydrogens is 412 g/mol. The fraction of sp³-hybridized carbons (Fsp3) is 0.214. The Morgan fingerprint density at radius 1 is 0.909 bits per heavy atom. The van der Waals surface area contributed by atoms with E-state index in [4.69, 9.17) is 9.47 Å². The molecular formula is C28H28N2O3. The quantitative estimate of drug-likeness (QED) is 0.385. The summed E-state index contributed by atoms with van der Waals surface area (Å²) in [7, 11) is 3.20. The Kier molecular flexibility index (Phi) is 7.53. The molecule has 0 aliphatic heterocycles. The van der Waals surface area contributed by atoms with Crippen LogP contribution in [0.2, 0.25) is 0 Å². The molecule has 1 heterocycles. The van der Waals surface area contributed by atoms with E-state index >= 15 is 0 Å². The smallest absolute Gasteiger partial charge is 0.258 e. The molecule has 33 heavy (non-hydrogen) atoms. The fourth-order valence-corrected chi connectivity index (χ4v) is 3.84. The third-order valence-electron chi connectivity index (χ3n) is 5.49. The number of fused-ring (bicyclic) bond motifs is 1. The minimum atomic E-state index is -0.151. The number of aryl methyl sites for hydroxylation is 1. The average molecular weight is 441 g/mol. The average Bonchev–Trinajstić information content (AvgIpc) is 2.87. The first-order valence-electron chi connectivity index (χ1n) is 10.9. The van der Waals surface area contributed by atoms with Crippen molar-refractivity contribution < 1.29 is 9.47 Å². The molecule has 0 atom stereocenters. The minimum absolute atomic E-state index is 0.151. The van der Waals surface area contributed by atoms with Crippen molar-refractivity contribution in [2.24, 2.45) is 0 Å². The van der Waals surface area contributed by atoms with Crippen molar-refractivity contribution >= 4 is 10.8 Å². The first-order chi connectivity index (χ1) is 16.0. The third kappa shape index (κ3) is 4.75. The molecule has 0 unspecified atom stereocenters. The molecule has 0 aliphatic rings. The van der Waals surface area contributed by atoms with Gasteiger partial charge in [-0.25, -0.2) is 0 Å². The molecule has 0 bridgehead atoms. The molecule has 4 rings (SSSR count). The predicted octanol–water partition coefficient (Wildman–Crippen LogP) is 5.94. The van der Waals surface area contributed by atoms with E-state index in [1.54, 1.807) is 37.0 Å². The van der Waals surface area contributed by atoms with E-state index in [1.165, 1.54) is 0 Å². The van der Waals surface area contributed by atoms with Crippen LogP contribution in [0, 0.1) is 18.3 Å². The molecule has 0 saturated heterocycles. The lowest BCUT2D eigenvalue weighted by atomic mass is 9.96. The van der Waals surface area contributed by atoms with Gasteiger partial charge in [0.1, 0.15) is 11.5 Å². The van der Waals surface area contributed by atoms with Crippen LogP contribution in [0.5, 0.6) is 11.5 Å². The van der Waals surface area contributed by atoms with Gasteiger partial charge in [-0.15, -0.1) is 0 Å². The van der Waals surface area contributed by atoms with Crippen LogP contribution in [0.4, 0.5) is 0 Å². The molecule has 0 amide bonds. The maximum absolute atomic E-state index is 13.4. The maximum Gasteiger partial charge on any atom is 0.258 e. The van der Waals surface area contributed by atoms with Crippen molar-refractivity contribution in [1.29, 1.82) is 5.26 Å². The SMILES string of the molecule is CC.COc1ccc(Cn2cc(-c3ccccc3C)c3ccc(C#N)cc3c2=O)c(OC)c1. The van der Waals surface area contributed by atoms with Crippen LogP contribution in [-0.2, 0) is 6.54 Å². The highest BCUT2D eigenvalue weighted by Crippen LogP contribution is 2.31. The summed E-state index contributed by atoms with van der Waals surface area (Å²) in [6.45, 7) is 6.38. The van der Waals surface area contributed by atoms with Crippen LogP contribution < -0.4 is 15.0 Å². The van der Waals surface area contributed by atoms with Crippen molar-refractivity contribution in [3.05, 3.63) is 93.9 Å². The summed E-state index contributed by atoms with van der Waals surface area (Å²) in [6.07, 6.45) is 1.89. The first-order valence-corrected chi connectivity index (χ1v) is 10.9. The van der Waals surface area contributed by atoms with Gasteiger partial charge in [0.15, 0.2) is 0 Å². The van der Waals surface area contributed by atoms with Crippen LogP contribution >= 0.6 is 0 Å². The van der Waals surface area contributed by atoms with E-state index in [2.05, 4.69) is 6.07 Å². The molecule has 0 fully saturated rings. The van der Waals surface area contributed by atoms with Crippen molar-refractivity contribution in [3.8, 4) is 28.7 Å². The molecule has 0 N–H and O–H groups in total. The molecule has 168 valence electrons. The van der Waals surface area contributed by atoms with Gasteiger partial charge in [0.2, 0.25) is 0 Å². The number of nitriles is 1. The van der Waals surface area contributed by atoms with E-state index in [1.807, 2.05) is 69.4 Å². The van der Waals surface area contributed by atoms with Crippen LogP contribution in [0.25, 0.3) is 21.9 Å². The number of nitrogens with zero attached hydrogens (tertiary/aromatic N) is 2. The molecule has 0 saturated carbocycles. The Labute approximate surface area is 194 Å². The van der Waals surface area contributed by atoms with E-state index in [9.17, 15) is 10.1 Å². The molecule has 0 aliphatic carbocycles. The number of aromatic nitrogens is 1. The van der Waals surface area contributed by atoms with Crippen molar-refractivity contribution in [2.45, 2.75) is 27.3 Å². The van der Waals surface area contributed by atoms with Gasteiger partial charge >= 0.3 is 0 Å². The van der Waals surface area contributed by atoms with Gasteiger partial charge in [0.05, 0.1) is 32.4 Å². The number of hydrogen-bond acceptors (Lipinski definition) is 4. The Morgan fingerprint density at radius 2 is 1.67 bits per heavy atom. The summed E-state index contributed by atoms with van der Waals surface area (Å²) in [5.74, 6) is 1.33. The van der Waals surface area contributed by atoms with Gasteiger partial charge in [-0.1, -0.05) is 44.2 Å². The number of ether oxygens (including phenoxy) is 2. The van der Waals surface area contributed by atoms with Crippen molar-refractivity contribution in [3.63, 3.8) is 0 Å². The van der Waals surface area contributed by atoms with Crippen molar-refractivity contribution in [1.82, 2.24) is 4.57 Å². The zero-order chi connectivity index (χ0) is 24.0. The van der Waals surface area contributed by atoms with Crippen LogP contribution in [0.1, 0.15) is 30.5 Å². The maximum atomic E-state index is 13.4. The van der Waals surface area contributed by atoms with E-state index < -0.39 is 0 Å². The zero-order valence-corrected chi connectivity index (χ0v) is 19.7. The molecule has 4 aromatic rings. The fourth-order valence-electron chi connectivity index (χ4n) is 3.84. The van der Waals surface area contributed by atoms with Crippen molar-refractivity contribution in [2.75, 3.05) is 14.2 Å². The number of hydrogen-bond donors (Lipinski definition) is 0. The minimum Gasteiger partial charge on any atom is -0.497 e. The summed E-state index contributed by atoms with van der Waals surface area (Å²) in [4.78, 5) is 13.4. The summed E-state index contributed by atoms with van der Waals surface area (Å²) in [5, 5.41) is 10.7. The molecule has 3 aromatic carbocycles. The lowest BCUT2D eigenvalue weighted by Gasteiger charge is -2.16. The van der Waals surface area contributed by atoms with Gasteiger partial charge in [-0.3, -0.25) is 4.79 Å². The second-order valence-electron chi connectivity index (χ2n) is 7.34. The summed E-state index contributed by atoms with van der Waals surface area (Å²) in [5.41, 5.74) is 4.28. The summed E-state index contributed by atoms with van der Waals surface area (Å²) < 4.78 is 12.5. The largest absolute Gasteiger partial charge is 0.497 e. The van der Waals surface area contributed by atoms with Crippen LogP contribution in [0.15, 0.2) is 71.7 Å². The van der Waals surface area contributed by atoms with Gasteiger partial charge in [0.25, 0.3) is 5.56 Å². The van der Waals surface area contributed by atoms with E-state index in [0.29, 0.717) is 29.0 Å². The number of rotatable bonds is 5. The van der Waals surface area contributed by atoms with Gasteiger partial charge in [-0.2, -0.15) is 5.26 Å². The van der Waals surface area contributed by atoms with Crippen LogP contribution in [-0.4, -0.2) is 18.8 Å². The normalized spacial score (nSPS) is 10.2. The Morgan fingerprint density at radius 3 is 2.33 bits per heavy atom. The highest BCUT2D eigenvalue weighted by atomic mass is 16.5. The predicted molar refractivity (Wildman–Crippen MR) is 133 cm³/mol. The molecule has 0 spiro atoms. The molecule has 5 nitrogen and oxygen atoms in total. The van der Waals surface area contributed by atoms with Gasteiger partial charge in [0, 0.05) is 28.8 Å². The third-order valence-corrected chi connectivity index (χ3v) is 5.49. The van der Waals surface area contributed by atoms with Gasteiger partial charge in [-0.05, 0) is 47.7 Å². The standard InChI is InChI=1S/C26H22N2O3.C2H6/c1-17-6-4-5-7-21(17)24-16-28(15-19-9-10-20(30-2)13-25(19)31-3)26(29)23-12-18(14-27)8-11-22(23)24;1-2/h4-13,16H,15H2,1-3H3;1-2H3. The van der Waals surface area contributed by atoms with E-state index in [0.717, 1.165) is 27.6 Å². The lowest BCUT2D eigenvalue weighted by Crippen LogP contribution is -2.21. The number of pyridine rings is 1. The highest BCUT2D eigenvalue weighted by molar-refractivity contribution is 5.97. The molecule has 5 heteroatoms. The Bertz CT molecular complexity index is 1380. The first kappa shape index (κ1) is 23.6. The molecule has 0 radical (unpaired) electrons. The number of methoxy groups -OCH3 is 2. The Balaban J connectivity index is 0.00000149. The monoisotopic (exact) mass is 440 g/mol. The van der Waals surface area contributed by atoms with Gasteiger partial charge < -0.3 is 14.0 Å². The number of benzene rings is 3. The lowest BCUT2D eigenvalue weighted by molar-refractivity contribution is 0.390. The van der Waals surface area contributed by atoms with Crippen LogP contribution in [0.3, 0.4) is 0 Å². The second kappa shape index (κ2) is 10.5.